The van der Waals surface area contributed by atoms with E-state index in [9.17, 15) is 0 Å². The Hall–Kier alpha value is -4.16. The van der Waals surface area contributed by atoms with E-state index in [2.05, 4.69) is 151 Å². The van der Waals surface area contributed by atoms with Gasteiger partial charge in [-0.15, -0.1) is 0 Å². The lowest BCUT2D eigenvalue weighted by molar-refractivity contribution is 0.658. The monoisotopic (exact) mass is 572 g/mol. The van der Waals surface area contributed by atoms with E-state index in [4.69, 9.17) is 0 Å². The first-order chi connectivity index (χ1) is 21.3. The van der Waals surface area contributed by atoms with Gasteiger partial charge in [0, 0.05) is 17.3 Å². The summed E-state index contributed by atoms with van der Waals surface area (Å²) in [7, 11) is 0. The van der Waals surface area contributed by atoms with Crippen molar-refractivity contribution >= 4 is 16.3 Å². The highest BCUT2D eigenvalue weighted by Crippen LogP contribution is 2.53. The molecule has 2 unspecified atom stereocenters. The summed E-state index contributed by atoms with van der Waals surface area (Å²) in [4.78, 5) is 0. The number of fused-ring (bicyclic) bond motifs is 6. The molecule has 0 heteroatoms. The summed E-state index contributed by atoms with van der Waals surface area (Å²) >= 11 is 0. The summed E-state index contributed by atoms with van der Waals surface area (Å²) in [6, 6.07) is 37.1. The minimum atomic E-state index is -0.0668. The van der Waals surface area contributed by atoms with Crippen LogP contribution in [0.3, 0.4) is 0 Å². The molecule has 2 aliphatic rings. The van der Waals surface area contributed by atoms with E-state index in [1.165, 1.54) is 84.8 Å². The van der Waals surface area contributed by atoms with Crippen LogP contribution >= 0.6 is 0 Å². The van der Waals surface area contributed by atoms with Crippen molar-refractivity contribution in [2.45, 2.75) is 78.1 Å². The van der Waals surface area contributed by atoms with E-state index in [1.54, 1.807) is 5.57 Å². The van der Waals surface area contributed by atoms with Crippen molar-refractivity contribution in [3.63, 3.8) is 0 Å². The predicted octanol–water partition coefficient (Wildman–Crippen LogP) is 12.1. The number of allylic oxidation sites excluding steroid dienone is 4. The van der Waals surface area contributed by atoms with Crippen LogP contribution in [-0.2, 0) is 11.8 Å². The number of benzene rings is 5. The normalized spacial score (nSPS) is 17.3. The first-order valence-electron chi connectivity index (χ1n) is 16.6. The molecular weight excluding hydrogens is 528 g/mol. The second kappa shape index (κ2) is 11.1. The molecule has 0 amide bonds. The Balaban J connectivity index is 1.28. The summed E-state index contributed by atoms with van der Waals surface area (Å²) in [6.07, 6.45) is 7.83. The van der Waals surface area contributed by atoms with Crippen LogP contribution in [-0.4, -0.2) is 0 Å². The van der Waals surface area contributed by atoms with Crippen molar-refractivity contribution in [3.05, 3.63) is 159 Å². The third-order valence-electron chi connectivity index (χ3n) is 10.6. The first-order valence-corrected chi connectivity index (χ1v) is 16.6. The Morgan fingerprint density at radius 3 is 2.18 bits per heavy atom. The lowest BCUT2D eigenvalue weighted by atomic mass is 9.79. The van der Waals surface area contributed by atoms with Gasteiger partial charge < -0.3 is 0 Å². The molecule has 2 aliphatic carbocycles. The van der Waals surface area contributed by atoms with Crippen LogP contribution in [0, 0.1) is 0 Å². The fourth-order valence-electron chi connectivity index (χ4n) is 8.13. The topological polar surface area (TPSA) is 0 Å². The quantitative estimate of drug-likeness (QED) is 0.182. The molecule has 220 valence electrons. The molecule has 0 saturated heterocycles. The maximum atomic E-state index is 2.52. The van der Waals surface area contributed by atoms with E-state index in [1.807, 2.05) is 0 Å². The third-order valence-corrected chi connectivity index (χ3v) is 10.6. The SMILES string of the molecule is C/C=C\C1=C(CCC)C(C)c2cc(C(C)c3ccc4c(c3)C(C)(C)c3cc(Cc5ccccc5)c5ccccc5c3-4)ccc21. The maximum absolute atomic E-state index is 2.52. The molecule has 0 aliphatic heterocycles. The zero-order chi connectivity index (χ0) is 30.6. The predicted molar refractivity (Wildman–Crippen MR) is 190 cm³/mol. The molecule has 7 rings (SSSR count). The Kier molecular flexibility index (Phi) is 7.20. The molecule has 0 bridgehead atoms. The van der Waals surface area contributed by atoms with E-state index < -0.39 is 0 Å². The molecule has 5 aromatic carbocycles. The summed E-state index contributed by atoms with van der Waals surface area (Å²) in [5.74, 6) is 0.804. The largest absolute Gasteiger partial charge is 0.0870 e. The first kappa shape index (κ1) is 28.6. The van der Waals surface area contributed by atoms with Gasteiger partial charge in [0.05, 0.1) is 0 Å². The smallest absolute Gasteiger partial charge is 0.0159 e. The molecule has 0 N–H and O–H groups in total. The molecule has 0 nitrogen and oxygen atoms in total. The second-order valence-corrected chi connectivity index (χ2v) is 13.6. The minimum Gasteiger partial charge on any atom is -0.0870 e. The summed E-state index contributed by atoms with van der Waals surface area (Å²) < 4.78 is 0. The molecule has 0 fully saturated rings. The highest BCUT2D eigenvalue weighted by atomic mass is 14.4. The van der Waals surface area contributed by atoms with Gasteiger partial charge in [0.1, 0.15) is 0 Å². The van der Waals surface area contributed by atoms with Crippen molar-refractivity contribution in [1.82, 2.24) is 0 Å². The third kappa shape index (κ3) is 4.50. The second-order valence-electron chi connectivity index (χ2n) is 13.6. The lowest BCUT2D eigenvalue weighted by Gasteiger charge is -2.24. The van der Waals surface area contributed by atoms with Gasteiger partial charge in [-0.3, -0.25) is 0 Å². The molecular formula is C44H44. The van der Waals surface area contributed by atoms with Gasteiger partial charge in [-0.05, 0) is 91.7 Å². The summed E-state index contributed by atoms with van der Waals surface area (Å²) in [5.41, 5.74) is 17.2. The Labute approximate surface area is 264 Å². The van der Waals surface area contributed by atoms with Crippen LogP contribution in [0.2, 0.25) is 0 Å². The molecule has 0 heterocycles. The fourth-order valence-corrected chi connectivity index (χ4v) is 8.13. The van der Waals surface area contributed by atoms with Crippen LogP contribution in [0.4, 0.5) is 0 Å². The van der Waals surface area contributed by atoms with Gasteiger partial charge in [0.15, 0.2) is 0 Å². The van der Waals surface area contributed by atoms with Gasteiger partial charge in [-0.2, -0.15) is 0 Å². The standard InChI is InChI=1S/C44H44/c1-7-14-34-29(4)40-25-31(20-22-37(40)36(34)15-8-2)28(3)32-21-23-39-41(26-32)44(5,6)42-27-33(24-30-16-10-9-11-17-30)35-18-12-13-19-38(35)43(39)42/h8-13,15-23,25-29H,7,14,24H2,1-6H3/b15-8-. The van der Waals surface area contributed by atoms with Gasteiger partial charge in [0.2, 0.25) is 0 Å². The van der Waals surface area contributed by atoms with E-state index >= 15 is 0 Å². The summed E-state index contributed by atoms with van der Waals surface area (Å²) in [6.45, 7) is 14.1. The fraction of sp³-hybridized carbons (Fsp3) is 0.273. The molecule has 0 radical (unpaired) electrons. The van der Waals surface area contributed by atoms with Crippen molar-refractivity contribution in [1.29, 1.82) is 0 Å². The van der Waals surface area contributed by atoms with Gasteiger partial charge >= 0.3 is 0 Å². The number of hydrogen-bond acceptors (Lipinski definition) is 0. The molecule has 0 aromatic heterocycles. The number of rotatable bonds is 7. The zero-order valence-electron chi connectivity index (χ0n) is 27.2. The van der Waals surface area contributed by atoms with E-state index in [0.29, 0.717) is 11.8 Å². The number of hydrogen-bond donors (Lipinski definition) is 0. The van der Waals surface area contributed by atoms with Crippen LogP contribution < -0.4 is 0 Å². The maximum Gasteiger partial charge on any atom is 0.0159 e. The molecule has 44 heavy (non-hydrogen) atoms. The lowest BCUT2D eigenvalue weighted by Crippen LogP contribution is -2.16. The summed E-state index contributed by atoms with van der Waals surface area (Å²) in [5, 5.41) is 2.75. The van der Waals surface area contributed by atoms with Gasteiger partial charge in [-0.25, -0.2) is 0 Å². The van der Waals surface area contributed by atoms with E-state index in [-0.39, 0.29) is 5.41 Å². The Morgan fingerprint density at radius 2 is 1.45 bits per heavy atom. The van der Waals surface area contributed by atoms with Crippen LogP contribution in [0.5, 0.6) is 0 Å². The van der Waals surface area contributed by atoms with Crippen molar-refractivity contribution in [3.8, 4) is 11.1 Å². The van der Waals surface area contributed by atoms with Crippen LogP contribution in [0.25, 0.3) is 27.5 Å². The minimum absolute atomic E-state index is 0.0668. The molecule has 0 spiro atoms. The molecule has 0 saturated carbocycles. The molecule has 2 atom stereocenters. The average molecular weight is 573 g/mol. The van der Waals surface area contributed by atoms with Crippen molar-refractivity contribution < 1.29 is 0 Å². The van der Waals surface area contributed by atoms with Crippen molar-refractivity contribution in [2.75, 3.05) is 0 Å². The van der Waals surface area contributed by atoms with E-state index in [0.717, 1.165) is 6.42 Å². The Morgan fingerprint density at radius 1 is 0.773 bits per heavy atom. The molecule has 5 aromatic rings. The average Bonchev–Trinajstić information content (AvgIpc) is 3.43. The van der Waals surface area contributed by atoms with Crippen LogP contribution in [0.1, 0.15) is 111 Å². The zero-order valence-corrected chi connectivity index (χ0v) is 27.2. The van der Waals surface area contributed by atoms with Crippen LogP contribution in [0.15, 0.2) is 115 Å². The van der Waals surface area contributed by atoms with Gasteiger partial charge in [0.25, 0.3) is 0 Å². The highest BCUT2D eigenvalue weighted by Gasteiger charge is 2.37. The Bertz CT molecular complexity index is 1950. The highest BCUT2D eigenvalue weighted by molar-refractivity contribution is 6.04. The van der Waals surface area contributed by atoms with Crippen molar-refractivity contribution in [2.24, 2.45) is 0 Å². The van der Waals surface area contributed by atoms with Gasteiger partial charge in [-0.1, -0.05) is 156 Å².